The highest BCUT2D eigenvalue weighted by atomic mass is 79.9. The highest BCUT2D eigenvalue weighted by Gasteiger charge is 2.32. The highest BCUT2D eigenvalue weighted by Crippen LogP contribution is 2.34. The SMILES string of the molecule is CCOC(=O)C1=C(C)NC(=O)N[C@@H]1c1ccc(OCC(=O)N/N=C\c2ccc(Br)s2)c(OC)c1. The molecule has 0 aliphatic carbocycles. The molecule has 3 amide bonds. The molecule has 0 radical (unpaired) electrons. The monoisotopic (exact) mass is 550 g/mol. The van der Waals surface area contributed by atoms with E-state index in [1.54, 1.807) is 32.0 Å². The molecule has 1 aromatic heterocycles. The number of hydrogen-bond donors (Lipinski definition) is 3. The van der Waals surface area contributed by atoms with Crippen LogP contribution in [-0.4, -0.2) is 44.4 Å². The lowest BCUT2D eigenvalue weighted by molar-refractivity contribution is -0.139. The van der Waals surface area contributed by atoms with Crippen LogP contribution in [0.15, 0.2) is 50.5 Å². The number of carbonyl (C=O) groups is 3. The number of carbonyl (C=O) groups excluding carboxylic acids is 3. The third-order valence-corrected chi connectivity index (χ3v) is 6.18. The number of nitrogens with zero attached hydrogens (tertiary/aromatic N) is 1. The molecule has 34 heavy (non-hydrogen) atoms. The Morgan fingerprint density at radius 1 is 1.26 bits per heavy atom. The first kappa shape index (κ1) is 25.2. The van der Waals surface area contributed by atoms with Crippen LogP contribution in [0.1, 0.15) is 30.3 Å². The summed E-state index contributed by atoms with van der Waals surface area (Å²) in [4.78, 5) is 37.5. The minimum Gasteiger partial charge on any atom is -0.493 e. The van der Waals surface area contributed by atoms with Gasteiger partial charge in [-0.05, 0) is 59.6 Å². The van der Waals surface area contributed by atoms with E-state index in [-0.39, 0.29) is 18.8 Å². The zero-order valence-corrected chi connectivity index (χ0v) is 21.0. The first-order valence-electron chi connectivity index (χ1n) is 10.2. The second kappa shape index (κ2) is 11.7. The lowest BCUT2D eigenvalue weighted by Gasteiger charge is -2.28. The average Bonchev–Trinajstić information content (AvgIpc) is 3.22. The van der Waals surface area contributed by atoms with Crippen molar-refractivity contribution in [3.05, 3.63) is 55.8 Å². The van der Waals surface area contributed by atoms with E-state index in [4.69, 9.17) is 14.2 Å². The predicted octanol–water partition coefficient (Wildman–Crippen LogP) is 3.24. The fourth-order valence-electron chi connectivity index (χ4n) is 3.15. The van der Waals surface area contributed by atoms with Gasteiger partial charge in [0.15, 0.2) is 18.1 Å². The van der Waals surface area contributed by atoms with Crippen molar-refractivity contribution in [2.75, 3.05) is 20.3 Å². The number of halogens is 1. The van der Waals surface area contributed by atoms with Crippen molar-refractivity contribution < 1.29 is 28.6 Å². The van der Waals surface area contributed by atoms with Gasteiger partial charge in [-0.15, -0.1) is 11.3 Å². The Labute approximate surface area is 208 Å². The van der Waals surface area contributed by atoms with Gasteiger partial charge in [0, 0.05) is 10.6 Å². The molecule has 180 valence electrons. The van der Waals surface area contributed by atoms with Crippen LogP contribution in [0.25, 0.3) is 0 Å². The van der Waals surface area contributed by atoms with Crippen LogP contribution in [0.2, 0.25) is 0 Å². The molecular weight excluding hydrogens is 528 g/mol. The zero-order valence-electron chi connectivity index (χ0n) is 18.6. The number of urea groups is 1. The summed E-state index contributed by atoms with van der Waals surface area (Å²) in [7, 11) is 1.45. The molecule has 0 spiro atoms. The molecule has 0 bridgehead atoms. The molecule has 10 nitrogen and oxygen atoms in total. The van der Waals surface area contributed by atoms with Crippen molar-refractivity contribution in [2.24, 2.45) is 5.10 Å². The van der Waals surface area contributed by atoms with Crippen LogP contribution in [0.3, 0.4) is 0 Å². The first-order chi connectivity index (χ1) is 16.3. The third-order valence-electron chi connectivity index (χ3n) is 4.62. The van der Waals surface area contributed by atoms with Crippen molar-refractivity contribution in [2.45, 2.75) is 19.9 Å². The van der Waals surface area contributed by atoms with Crippen LogP contribution >= 0.6 is 27.3 Å². The zero-order chi connectivity index (χ0) is 24.7. The standard InChI is InChI=1S/C22H23BrN4O6S/c1-4-32-21(29)19-12(2)25-22(30)26-20(19)13-5-7-15(16(9-13)31-3)33-11-18(28)27-24-10-14-6-8-17(23)34-14/h5-10,20H,4,11H2,1-3H3,(H,27,28)(H2,25,26,30)/b24-10-/t20-/m1/s1. The van der Waals surface area contributed by atoms with Crippen LogP contribution < -0.4 is 25.5 Å². The van der Waals surface area contributed by atoms with Gasteiger partial charge in [-0.3, -0.25) is 4.79 Å². The molecule has 1 aromatic carbocycles. The Kier molecular flexibility index (Phi) is 8.66. The molecule has 0 unspecified atom stereocenters. The summed E-state index contributed by atoms with van der Waals surface area (Å²) in [6, 6.07) is 7.46. The normalized spacial score (nSPS) is 15.5. The second-order valence-corrected chi connectivity index (χ2v) is 9.42. The molecule has 3 rings (SSSR count). The number of amides is 3. The summed E-state index contributed by atoms with van der Waals surface area (Å²) >= 11 is 4.84. The fraction of sp³-hybridized carbons (Fsp3) is 0.273. The number of esters is 1. The van der Waals surface area contributed by atoms with Gasteiger partial charge in [0.1, 0.15) is 0 Å². The summed E-state index contributed by atoms with van der Waals surface area (Å²) < 4.78 is 17.1. The van der Waals surface area contributed by atoms with Crippen molar-refractivity contribution >= 4 is 51.4 Å². The van der Waals surface area contributed by atoms with Gasteiger partial charge < -0.3 is 24.8 Å². The molecule has 0 fully saturated rings. The number of rotatable bonds is 9. The number of hydrazone groups is 1. The van der Waals surface area contributed by atoms with E-state index in [2.05, 4.69) is 37.1 Å². The van der Waals surface area contributed by atoms with E-state index in [9.17, 15) is 14.4 Å². The molecule has 1 aliphatic rings. The third kappa shape index (κ3) is 6.35. The van der Waals surface area contributed by atoms with Gasteiger partial charge in [0.25, 0.3) is 5.91 Å². The lowest BCUT2D eigenvalue weighted by atomic mass is 9.95. The number of ether oxygens (including phenoxy) is 3. The van der Waals surface area contributed by atoms with Crippen LogP contribution in [-0.2, 0) is 14.3 Å². The van der Waals surface area contributed by atoms with Crippen molar-refractivity contribution in [3.63, 3.8) is 0 Å². The van der Waals surface area contributed by atoms with Gasteiger partial charge in [0.05, 0.1) is 35.3 Å². The number of benzene rings is 1. The minimum atomic E-state index is -0.745. The quantitative estimate of drug-likeness (QED) is 0.250. The van der Waals surface area contributed by atoms with Crippen molar-refractivity contribution in [3.8, 4) is 11.5 Å². The van der Waals surface area contributed by atoms with E-state index in [0.29, 0.717) is 22.8 Å². The molecule has 1 atom stereocenters. The smallest absolute Gasteiger partial charge is 0.338 e. The Balaban J connectivity index is 1.70. The van der Waals surface area contributed by atoms with Crippen LogP contribution in [0.4, 0.5) is 4.79 Å². The van der Waals surface area contributed by atoms with E-state index in [0.717, 1.165) is 8.66 Å². The molecular formula is C22H23BrN4O6S. The minimum absolute atomic E-state index is 0.198. The highest BCUT2D eigenvalue weighted by molar-refractivity contribution is 9.11. The van der Waals surface area contributed by atoms with Gasteiger partial charge >= 0.3 is 12.0 Å². The van der Waals surface area contributed by atoms with Gasteiger partial charge in [-0.1, -0.05) is 6.07 Å². The maximum absolute atomic E-state index is 12.5. The summed E-state index contributed by atoms with van der Waals surface area (Å²) in [5, 5.41) is 9.21. The fourth-order valence-corrected chi connectivity index (χ4v) is 4.44. The lowest BCUT2D eigenvalue weighted by Crippen LogP contribution is -2.45. The van der Waals surface area contributed by atoms with Crippen LogP contribution in [0, 0.1) is 0 Å². The molecule has 0 saturated heterocycles. The van der Waals surface area contributed by atoms with Gasteiger partial charge in [-0.25, -0.2) is 15.0 Å². The molecule has 2 aromatic rings. The second-order valence-electron chi connectivity index (χ2n) is 6.92. The Hall–Kier alpha value is -3.38. The maximum atomic E-state index is 12.5. The van der Waals surface area contributed by atoms with E-state index >= 15 is 0 Å². The number of allylic oxidation sites excluding steroid dienone is 1. The largest absolute Gasteiger partial charge is 0.493 e. The van der Waals surface area contributed by atoms with Crippen molar-refractivity contribution in [1.29, 1.82) is 0 Å². The molecule has 2 heterocycles. The summed E-state index contributed by atoms with van der Waals surface area (Å²) in [6.45, 7) is 3.24. The van der Waals surface area contributed by atoms with Gasteiger partial charge in [-0.2, -0.15) is 5.10 Å². The van der Waals surface area contributed by atoms with E-state index in [1.165, 1.54) is 24.7 Å². The number of hydrogen-bond acceptors (Lipinski definition) is 8. The number of methoxy groups -OCH3 is 1. The Morgan fingerprint density at radius 3 is 2.74 bits per heavy atom. The maximum Gasteiger partial charge on any atom is 0.338 e. The van der Waals surface area contributed by atoms with Crippen LogP contribution in [0.5, 0.6) is 11.5 Å². The van der Waals surface area contributed by atoms with E-state index in [1.807, 2.05) is 12.1 Å². The first-order valence-corrected chi connectivity index (χ1v) is 11.8. The number of nitrogens with one attached hydrogen (secondary N) is 3. The summed E-state index contributed by atoms with van der Waals surface area (Å²) in [5.41, 5.74) is 3.66. The molecule has 12 heteroatoms. The molecule has 3 N–H and O–H groups in total. The summed E-state index contributed by atoms with van der Waals surface area (Å²) in [6.07, 6.45) is 1.53. The molecule has 0 saturated carbocycles. The predicted molar refractivity (Wildman–Crippen MR) is 130 cm³/mol. The van der Waals surface area contributed by atoms with E-state index < -0.39 is 23.9 Å². The average molecular weight is 551 g/mol. The summed E-state index contributed by atoms with van der Waals surface area (Å²) in [5.74, 6) is -0.354. The Bertz CT molecular complexity index is 1150. The molecule has 1 aliphatic heterocycles. The van der Waals surface area contributed by atoms with Gasteiger partial charge in [0.2, 0.25) is 0 Å². The van der Waals surface area contributed by atoms with Crippen molar-refractivity contribution in [1.82, 2.24) is 16.1 Å². The Morgan fingerprint density at radius 2 is 2.06 bits per heavy atom. The topological polar surface area (TPSA) is 127 Å². The number of thiophene rings is 1.